The first-order valence-corrected chi connectivity index (χ1v) is 10.8. The first-order chi connectivity index (χ1) is 13.5. The molecule has 3 aromatic rings. The zero-order valence-electron chi connectivity index (χ0n) is 15.4. The Kier molecular flexibility index (Phi) is 5.11. The summed E-state index contributed by atoms with van der Waals surface area (Å²) in [5.74, 6) is -0.181. The number of rotatable bonds is 4. The van der Waals surface area contributed by atoms with Crippen molar-refractivity contribution < 1.29 is 13.2 Å². The molecule has 7 heteroatoms. The Bertz CT molecular complexity index is 1090. The largest absolute Gasteiger partial charge is 0.335 e. The highest BCUT2D eigenvalue weighted by Gasteiger charge is 2.29. The highest BCUT2D eigenvalue weighted by molar-refractivity contribution is 7.88. The van der Waals surface area contributed by atoms with Gasteiger partial charge in [0.15, 0.2) is 0 Å². The number of carbonyl (C=O) groups is 1. The van der Waals surface area contributed by atoms with E-state index in [0.29, 0.717) is 31.9 Å². The van der Waals surface area contributed by atoms with Gasteiger partial charge in [0, 0.05) is 31.6 Å². The van der Waals surface area contributed by atoms with Gasteiger partial charge in [0.05, 0.1) is 11.3 Å². The van der Waals surface area contributed by atoms with Crippen LogP contribution in [0.5, 0.6) is 0 Å². The highest BCUT2D eigenvalue weighted by Crippen LogP contribution is 2.17. The lowest BCUT2D eigenvalue weighted by atomic mass is 10.2. The summed E-state index contributed by atoms with van der Waals surface area (Å²) in [6, 6.07) is 20.4. The van der Waals surface area contributed by atoms with Gasteiger partial charge in [0.1, 0.15) is 5.69 Å². The SMILES string of the molecule is O=C(c1ccc2ccccc2n1)N1CCN(S(=O)(=O)Cc2ccccc2)CC1. The highest BCUT2D eigenvalue weighted by atomic mass is 32.2. The van der Waals surface area contributed by atoms with Crippen molar-refractivity contribution in [2.75, 3.05) is 26.2 Å². The topological polar surface area (TPSA) is 70.6 Å². The van der Waals surface area contributed by atoms with Crippen molar-refractivity contribution in [3.05, 3.63) is 78.0 Å². The van der Waals surface area contributed by atoms with Gasteiger partial charge in [-0.15, -0.1) is 0 Å². The summed E-state index contributed by atoms with van der Waals surface area (Å²) in [5, 5.41) is 0.982. The van der Waals surface area contributed by atoms with Gasteiger partial charge < -0.3 is 4.90 Å². The second-order valence-electron chi connectivity index (χ2n) is 6.82. The number of hydrogen-bond donors (Lipinski definition) is 0. The number of pyridine rings is 1. The Morgan fingerprint density at radius 1 is 0.857 bits per heavy atom. The molecule has 1 aromatic heterocycles. The van der Waals surface area contributed by atoms with Crippen LogP contribution in [0, 0.1) is 0 Å². The minimum atomic E-state index is -3.40. The lowest BCUT2D eigenvalue weighted by Crippen LogP contribution is -2.50. The fourth-order valence-corrected chi connectivity index (χ4v) is 4.91. The predicted octanol–water partition coefficient (Wildman–Crippen LogP) is 2.52. The van der Waals surface area contributed by atoms with E-state index in [4.69, 9.17) is 0 Å². The third-order valence-corrected chi connectivity index (χ3v) is 6.78. The Balaban J connectivity index is 1.42. The molecule has 0 spiro atoms. The fourth-order valence-electron chi connectivity index (χ4n) is 3.39. The van der Waals surface area contributed by atoms with Crippen LogP contribution in [-0.2, 0) is 15.8 Å². The summed E-state index contributed by atoms with van der Waals surface area (Å²) >= 11 is 0. The summed E-state index contributed by atoms with van der Waals surface area (Å²) in [4.78, 5) is 18.9. The van der Waals surface area contributed by atoms with Crippen LogP contribution in [0.4, 0.5) is 0 Å². The number of benzene rings is 2. The van der Waals surface area contributed by atoms with E-state index in [1.54, 1.807) is 11.0 Å². The molecule has 144 valence electrons. The van der Waals surface area contributed by atoms with E-state index in [1.165, 1.54) is 4.31 Å². The van der Waals surface area contributed by atoms with E-state index in [9.17, 15) is 13.2 Å². The maximum Gasteiger partial charge on any atom is 0.272 e. The van der Waals surface area contributed by atoms with Crippen molar-refractivity contribution in [2.24, 2.45) is 0 Å². The minimum Gasteiger partial charge on any atom is -0.335 e. The molecule has 0 radical (unpaired) electrons. The predicted molar refractivity (Wildman–Crippen MR) is 108 cm³/mol. The molecule has 28 heavy (non-hydrogen) atoms. The monoisotopic (exact) mass is 395 g/mol. The maximum absolute atomic E-state index is 12.8. The van der Waals surface area contributed by atoms with Crippen LogP contribution in [0.3, 0.4) is 0 Å². The van der Waals surface area contributed by atoms with Crippen LogP contribution >= 0.6 is 0 Å². The Labute approximate surface area is 164 Å². The Hall–Kier alpha value is -2.77. The number of fused-ring (bicyclic) bond motifs is 1. The molecule has 0 aliphatic carbocycles. The normalized spacial score (nSPS) is 15.6. The lowest BCUT2D eigenvalue weighted by Gasteiger charge is -2.33. The number of carbonyl (C=O) groups excluding carboxylic acids is 1. The number of sulfonamides is 1. The van der Waals surface area contributed by atoms with E-state index in [0.717, 1.165) is 16.5 Å². The van der Waals surface area contributed by atoms with Crippen LogP contribution in [0.1, 0.15) is 16.1 Å². The fraction of sp³-hybridized carbons (Fsp3) is 0.238. The molecule has 0 N–H and O–H groups in total. The van der Waals surface area contributed by atoms with Gasteiger partial charge in [0.25, 0.3) is 5.91 Å². The molecule has 4 rings (SSSR count). The summed E-state index contributed by atoms with van der Waals surface area (Å²) in [7, 11) is -3.40. The van der Waals surface area contributed by atoms with Gasteiger partial charge in [-0.1, -0.05) is 54.6 Å². The average molecular weight is 395 g/mol. The van der Waals surface area contributed by atoms with Crippen molar-refractivity contribution in [1.29, 1.82) is 0 Å². The van der Waals surface area contributed by atoms with Crippen molar-refractivity contribution in [1.82, 2.24) is 14.2 Å². The van der Waals surface area contributed by atoms with Crippen molar-refractivity contribution in [3.8, 4) is 0 Å². The van der Waals surface area contributed by atoms with Gasteiger partial charge in [-0.05, 0) is 17.7 Å². The van der Waals surface area contributed by atoms with Gasteiger partial charge >= 0.3 is 0 Å². The zero-order valence-corrected chi connectivity index (χ0v) is 16.2. The van der Waals surface area contributed by atoms with Gasteiger partial charge in [0.2, 0.25) is 10.0 Å². The maximum atomic E-state index is 12.8. The van der Waals surface area contributed by atoms with E-state index >= 15 is 0 Å². The summed E-state index contributed by atoms with van der Waals surface area (Å²) in [6.45, 7) is 1.33. The van der Waals surface area contributed by atoms with Crippen LogP contribution < -0.4 is 0 Å². The van der Waals surface area contributed by atoms with Gasteiger partial charge in [-0.3, -0.25) is 4.79 Å². The molecule has 6 nitrogen and oxygen atoms in total. The second-order valence-corrected chi connectivity index (χ2v) is 8.79. The number of nitrogens with zero attached hydrogens (tertiary/aromatic N) is 3. The van der Waals surface area contributed by atoms with Crippen LogP contribution in [0.25, 0.3) is 10.9 Å². The zero-order chi connectivity index (χ0) is 19.6. The molecular weight excluding hydrogens is 374 g/mol. The standard InChI is InChI=1S/C21H21N3O3S/c25-21(20-11-10-18-8-4-5-9-19(18)22-20)23-12-14-24(15-13-23)28(26,27)16-17-6-2-1-3-7-17/h1-11H,12-16H2. The number of piperazine rings is 1. The van der Waals surface area contributed by atoms with E-state index in [1.807, 2.05) is 60.7 Å². The smallest absolute Gasteiger partial charge is 0.272 e. The lowest BCUT2D eigenvalue weighted by molar-refractivity contribution is 0.0692. The number of amides is 1. The Morgan fingerprint density at radius 2 is 1.54 bits per heavy atom. The molecule has 1 aliphatic rings. The molecule has 1 aliphatic heterocycles. The van der Waals surface area contributed by atoms with Crippen LogP contribution in [0.15, 0.2) is 66.7 Å². The molecular formula is C21H21N3O3S. The van der Waals surface area contributed by atoms with E-state index < -0.39 is 10.0 Å². The first kappa shape index (κ1) is 18.6. The summed E-state index contributed by atoms with van der Waals surface area (Å²) in [5.41, 5.74) is 1.93. The number of aromatic nitrogens is 1. The van der Waals surface area contributed by atoms with Crippen LogP contribution in [0.2, 0.25) is 0 Å². The third-order valence-electron chi connectivity index (χ3n) is 4.93. The molecule has 0 bridgehead atoms. The van der Waals surface area contributed by atoms with Gasteiger partial charge in [-0.25, -0.2) is 13.4 Å². The molecule has 2 heterocycles. The van der Waals surface area contributed by atoms with Crippen molar-refractivity contribution in [3.63, 3.8) is 0 Å². The van der Waals surface area contributed by atoms with Crippen molar-refractivity contribution in [2.45, 2.75) is 5.75 Å². The molecule has 1 saturated heterocycles. The van der Waals surface area contributed by atoms with Crippen molar-refractivity contribution >= 4 is 26.8 Å². The molecule has 0 saturated carbocycles. The third kappa shape index (κ3) is 3.90. The molecule has 1 fully saturated rings. The van der Waals surface area contributed by atoms with E-state index in [2.05, 4.69) is 4.98 Å². The molecule has 0 atom stereocenters. The average Bonchev–Trinajstić information content (AvgIpc) is 2.73. The summed E-state index contributed by atoms with van der Waals surface area (Å²) < 4.78 is 26.8. The first-order valence-electron chi connectivity index (χ1n) is 9.20. The Morgan fingerprint density at radius 3 is 2.29 bits per heavy atom. The molecule has 1 amide bonds. The van der Waals surface area contributed by atoms with E-state index in [-0.39, 0.29) is 11.7 Å². The molecule has 2 aromatic carbocycles. The number of hydrogen-bond acceptors (Lipinski definition) is 4. The van der Waals surface area contributed by atoms with Crippen LogP contribution in [-0.4, -0.2) is 54.7 Å². The number of para-hydroxylation sites is 1. The minimum absolute atomic E-state index is 0.0198. The van der Waals surface area contributed by atoms with Gasteiger partial charge in [-0.2, -0.15) is 4.31 Å². The second kappa shape index (κ2) is 7.69. The molecule has 0 unspecified atom stereocenters. The summed E-state index contributed by atoms with van der Waals surface area (Å²) in [6.07, 6.45) is 0. The quantitative estimate of drug-likeness (QED) is 0.681.